The van der Waals surface area contributed by atoms with Gasteiger partial charge >= 0.3 is 0 Å². The van der Waals surface area contributed by atoms with Gasteiger partial charge in [-0.15, -0.1) is 0 Å². The van der Waals surface area contributed by atoms with Crippen LogP contribution in [0.2, 0.25) is 0 Å². The Morgan fingerprint density at radius 3 is 2.30 bits per heavy atom. The van der Waals surface area contributed by atoms with Crippen molar-refractivity contribution in [2.45, 2.75) is 13.3 Å². The van der Waals surface area contributed by atoms with E-state index in [1.165, 1.54) is 0 Å². The summed E-state index contributed by atoms with van der Waals surface area (Å²) >= 11 is 10.4. The van der Waals surface area contributed by atoms with Crippen LogP contribution in [0, 0.1) is 5.41 Å². The van der Waals surface area contributed by atoms with Crippen molar-refractivity contribution in [3.8, 4) is 5.75 Å². The van der Waals surface area contributed by atoms with Gasteiger partial charge in [-0.3, -0.25) is 0 Å². The van der Waals surface area contributed by atoms with Crippen molar-refractivity contribution in [2.24, 2.45) is 5.41 Å². The average Bonchev–Trinajstić information content (AvgIpc) is 2.34. The molecule has 0 unspecified atom stereocenters. The zero-order valence-electron chi connectivity index (χ0n) is 11.3. The molecule has 3 nitrogen and oxygen atoms in total. The lowest BCUT2D eigenvalue weighted by Crippen LogP contribution is -2.45. The molecule has 2 rings (SSSR count). The van der Waals surface area contributed by atoms with E-state index in [9.17, 15) is 0 Å². The van der Waals surface area contributed by atoms with Gasteiger partial charge in [0.15, 0.2) is 0 Å². The highest BCUT2D eigenvalue weighted by Gasteiger charge is 2.36. The highest BCUT2D eigenvalue weighted by atomic mass is 79.9. The van der Waals surface area contributed by atoms with Gasteiger partial charge in [0.05, 0.1) is 35.4 Å². The second-order valence-electron chi connectivity index (χ2n) is 4.95. The van der Waals surface area contributed by atoms with Crippen molar-refractivity contribution in [3.05, 3.63) is 25.6 Å². The third-order valence-corrected chi connectivity index (χ3v) is 5.05. The van der Waals surface area contributed by atoms with Gasteiger partial charge in [0.1, 0.15) is 12.4 Å². The van der Waals surface area contributed by atoms with Gasteiger partial charge in [-0.05, 0) is 50.4 Å². The van der Waals surface area contributed by atoms with Gasteiger partial charge in [0, 0.05) is 9.89 Å². The molecule has 0 radical (unpaired) electrons. The Labute approximate surface area is 144 Å². The summed E-state index contributed by atoms with van der Waals surface area (Å²) in [4.78, 5) is 0. The summed E-state index contributed by atoms with van der Waals surface area (Å²) in [6, 6.07) is 3.91. The highest BCUT2D eigenvalue weighted by molar-refractivity contribution is 9.11. The molecule has 1 aliphatic rings. The molecule has 0 aliphatic carbocycles. The minimum atomic E-state index is 0.235. The van der Waals surface area contributed by atoms with Gasteiger partial charge < -0.3 is 14.2 Å². The maximum atomic E-state index is 5.75. The van der Waals surface area contributed by atoms with Crippen LogP contribution in [0.3, 0.4) is 0 Å². The number of halogens is 3. The van der Waals surface area contributed by atoms with Crippen molar-refractivity contribution in [1.29, 1.82) is 0 Å². The second kappa shape index (κ2) is 7.58. The molecule has 0 atom stereocenters. The number of benzene rings is 1. The van der Waals surface area contributed by atoms with Crippen molar-refractivity contribution in [3.63, 3.8) is 0 Å². The second-order valence-corrected chi connectivity index (χ2v) is 7.57. The lowest BCUT2D eigenvalue weighted by molar-refractivity contribution is -0.151. The van der Waals surface area contributed by atoms with E-state index in [2.05, 4.69) is 54.7 Å². The predicted octanol–water partition coefficient (Wildman–Crippen LogP) is 4.80. The van der Waals surface area contributed by atoms with Crippen molar-refractivity contribution in [1.82, 2.24) is 0 Å². The first-order valence-electron chi connectivity index (χ1n) is 6.49. The van der Waals surface area contributed by atoms with Crippen LogP contribution in [0.4, 0.5) is 0 Å². The van der Waals surface area contributed by atoms with Crippen LogP contribution >= 0.6 is 47.8 Å². The highest BCUT2D eigenvalue weighted by Crippen LogP contribution is 2.36. The Kier molecular flexibility index (Phi) is 6.35. The first kappa shape index (κ1) is 16.7. The van der Waals surface area contributed by atoms with E-state index in [-0.39, 0.29) is 5.41 Å². The van der Waals surface area contributed by atoms with Crippen molar-refractivity contribution < 1.29 is 14.2 Å². The fourth-order valence-corrected chi connectivity index (χ4v) is 4.43. The smallest absolute Gasteiger partial charge is 0.147 e. The molecular weight excluding hydrogens is 456 g/mol. The van der Waals surface area contributed by atoms with Gasteiger partial charge in [0.25, 0.3) is 0 Å². The van der Waals surface area contributed by atoms with Crippen molar-refractivity contribution in [2.75, 3.05) is 33.0 Å². The molecule has 0 spiro atoms. The number of rotatable bonds is 7. The van der Waals surface area contributed by atoms with E-state index in [1.54, 1.807) is 0 Å². The van der Waals surface area contributed by atoms with Crippen LogP contribution in [0.15, 0.2) is 25.6 Å². The van der Waals surface area contributed by atoms with E-state index in [0.29, 0.717) is 13.2 Å². The summed E-state index contributed by atoms with van der Waals surface area (Å²) < 4.78 is 19.6. The minimum absolute atomic E-state index is 0.235. The Morgan fingerprint density at radius 2 is 1.80 bits per heavy atom. The first-order valence-corrected chi connectivity index (χ1v) is 8.87. The summed E-state index contributed by atoms with van der Waals surface area (Å²) in [5.74, 6) is 0.800. The fourth-order valence-electron chi connectivity index (χ4n) is 1.94. The van der Waals surface area contributed by atoms with Crippen LogP contribution in [-0.4, -0.2) is 33.0 Å². The van der Waals surface area contributed by atoms with E-state index < -0.39 is 0 Å². The normalized spacial score (nSPS) is 16.8. The van der Waals surface area contributed by atoms with Gasteiger partial charge in [-0.1, -0.05) is 22.9 Å². The molecule has 6 heteroatoms. The molecular formula is C14H17Br3O3. The third kappa shape index (κ3) is 4.19. The van der Waals surface area contributed by atoms with E-state index in [1.807, 2.05) is 12.1 Å². The molecule has 1 fully saturated rings. The standard InChI is InChI=1S/C14H17Br3O3/c1-2-14(8-19-9-14)7-18-3-4-20-13-11(16)5-10(15)6-12(13)17/h5-6H,2-4,7-9H2,1H3. The summed E-state index contributed by atoms with van der Waals surface area (Å²) in [5.41, 5.74) is 0.235. The molecule has 1 aromatic rings. The van der Waals surface area contributed by atoms with Gasteiger partial charge in [-0.2, -0.15) is 0 Å². The molecule has 112 valence electrons. The van der Waals surface area contributed by atoms with Gasteiger partial charge in [0.2, 0.25) is 0 Å². The first-order chi connectivity index (χ1) is 9.56. The molecule has 0 bridgehead atoms. The van der Waals surface area contributed by atoms with Crippen LogP contribution < -0.4 is 4.74 Å². The fraction of sp³-hybridized carbons (Fsp3) is 0.571. The van der Waals surface area contributed by atoms with Crippen molar-refractivity contribution >= 4 is 47.8 Å². The van der Waals surface area contributed by atoms with E-state index >= 15 is 0 Å². The summed E-state index contributed by atoms with van der Waals surface area (Å²) in [6.07, 6.45) is 1.09. The average molecular weight is 473 g/mol. The Balaban J connectivity index is 1.74. The zero-order chi connectivity index (χ0) is 14.6. The molecule has 0 amide bonds. The van der Waals surface area contributed by atoms with E-state index in [0.717, 1.165) is 45.4 Å². The Morgan fingerprint density at radius 1 is 1.15 bits per heavy atom. The van der Waals surface area contributed by atoms with Crippen LogP contribution in [0.5, 0.6) is 5.75 Å². The summed E-state index contributed by atoms with van der Waals surface area (Å²) in [7, 11) is 0. The minimum Gasteiger partial charge on any atom is -0.489 e. The molecule has 1 aliphatic heterocycles. The number of hydrogen-bond donors (Lipinski definition) is 0. The molecule has 0 saturated carbocycles. The van der Waals surface area contributed by atoms with E-state index in [4.69, 9.17) is 14.2 Å². The number of ether oxygens (including phenoxy) is 3. The third-order valence-electron chi connectivity index (χ3n) is 3.41. The quantitative estimate of drug-likeness (QED) is 0.534. The predicted molar refractivity (Wildman–Crippen MR) is 89.4 cm³/mol. The van der Waals surface area contributed by atoms with Gasteiger partial charge in [-0.25, -0.2) is 0 Å². The maximum absolute atomic E-state index is 5.75. The monoisotopic (exact) mass is 470 g/mol. The molecule has 1 aromatic carbocycles. The lowest BCUT2D eigenvalue weighted by Gasteiger charge is -2.40. The Bertz CT molecular complexity index is 432. The topological polar surface area (TPSA) is 27.7 Å². The summed E-state index contributed by atoms with van der Waals surface area (Å²) in [6.45, 7) is 5.66. The molecule has 1 heterocycles. The van der Waals surface area contributed by atoms with Crippen LogP contribution in [0.25, 0.3) is 0 Å². The summed E-state index contributed by atoms with van der Waals surface area (Å²) in [5, 5.41) is 0. The van der Waals surface area contributed by atoms with Crippen LogP contribution in [-0.2, 0) is 9.47 Å². The maximum Gasteiger partial charge on any atom is 0.147 e. The molecule has 1 saturated heterocycles. The molecule has 0 N–H and O–H groups in total. The molecule has 20 heavy (non-hydrogen) atoms. The largest absolute Gasteiger partial charge is 0.489 e. The molecule has 0 aromatic heterocycles. The Hall–Kier alpha value is 0.380. The zero-order valence-corrected chi connectivity index (χ0v) is 16.0. The lowest BCUT2D eigenvalue weighted by atomic mass is 9.84. The number of hydrogen-bond acceptors (Lipinski definition) is 3. The van der Waals surface area contributed by atoms with Crippen LogP contribution in [0.1, 0.15) is 13.3 Å². The SMILES string of the molecule is CCC1(COCCOc2c(Br)cc(Br)cc2Br)COC1.